The van der Waals surface area contributed by atoms with Gasteiger partial charge in [-0.3, -0.25) is 0 Å². The van der Waals surface area contributed by atoms with Crippen molar-refractivity contribution in [2.24, 2.45) is 0 Å². The molecule has 0 bridgehead atoms. The van der Waals surface area contributed by atoms with Crippen LogP contribution in [0.1, 0.15) is 5.69 Å². The first-order chi connectivity index (χ1) is 12.2. The molecule has 6 heteroatoms. The van der Waals surface area contributed by atoms with Crippen LogP contribution in [-0.4, -0.2) is 24.7 Å². The van der Waals surface area contributed by atoms with Crippen molar-refractivity contribution >= 4 is 23.1 Å². The van der Waals surface area contributed by atoms with Crippen LogP contribution in [0.3, 0.4) is 0 Å². The van der Waals surface area contributed by atoms with E-state index in [0.29, 0.717) is 13.0 Å². The monoisotopic (exact) mass is 353 g/mol. The van der Waals surface area contributed by atoms with Gasteiger partial charge in [0.15, 0.2) is 0 Å². The number of nitrogens with zero attached hydrogens (tertiary/aromatic N) is 1. The number of hydrogen-bond donors (Lipinski definition) is 2. The van der Waals surface area contributed by atoms with Crippen molar-refractivity contribution in [3.05, 3.63) is 65.7 Å². The molecule has 0 saturated heterocycles. The molecule has 1 aromatic heterocycles. The first-order valence-corrected chi connectivity index (χ1v) is 8.81. The fourth-order valence-corrected chi connectivity index (χ4v) is 3.15. The van der Waals surface area contributed by atoms with E-state index in [0.717, 1.165) is 27.7 Å². The van der Waals surface area contributed by atoms with Crippen LogP contribution in [-0.2, 0) is 6.42 Å². The lowest BCUT2D eigenvalue weighted by atomic mass is 10.2. The molecule has 3 aromatic rings. The molecule has 0 aliphatic carbocycles. The van der Waals surface area contributed by atoms with Crippen LogP contribution in [0.25, 0.3) is 10.6 Å². The molecular formula is C19H19N3O2S. The van der Waals surface area contributed by atoms with Gasteiger partial charge in [0.25, 0.3) is 0 Å². The van der Waals surface area contributed by atoms with Crippen LogP contribution in [0, 0.1) is 0 Å². The Morgan fingerprint density at radius 2 is 1.88 bits per heavy atom. The van der Waals surface area contributed by atoms with Gasteiger partial charge in [-0.25, -0.2) is 9.78 Å². The maximum Gasteiger partial charge on any atom is 0.319 e. The Balaban J connectivity index is 1.46. The van der Waals surface area contributed by atoms with E-state index >= 15 is 0 Å². The highest BCUT2D eigenvalue weighted by Crippen LogP contribution is 2.23. The van der Waals surface area contributed by atoms with Crippen molar-refractivity contribution in [3.63, 3.8) is 0 Å². The molecule has 25 heavy (non-hydrogen) atoms. The van der Waals surface area contributed by atoms with Crippen LogP contribution in [0.5, 0.6) is 5.75 Å². The summed E-state index contributed by atoms with van der Waals surface area (Å²) in [4.78, 5) is 16.5. The first kappa shape index (κ1) is 17.0. The number of amides is 2. The van der Waals surface area contributed by atoms with E-state index in [9.17, 15) is 4.79 Å². The molecule has 0 saturated carbocycles. The number of thiazole rings is 1. The number of urea groups is 1. The molecule has 2 N–H and O–H groups in total. The first-order valence-electron chi connectivity index (χ1n) is 7.93. The Labute approximate surface area is 150 Å². The third-order valence-electron chi connectivity index (χ3n) is 3.59. The minimum Gasteiger partial charge on any atom is -0.497 e. The highest BCUT2D eigenvalue weighted by Gasteiger charge is 2.06. The van der Waals surface area contributed by atoms with Crippen molar-refractivity contribution in [2.75, 3.05) is 19.0 Å². The van der Waals surface area contributed by atoms with Gasteiger partial charge >= 0.3 is 6.03 Å². The standard InChI is InChI=1S/C19H19N3O2S/c1-24-17-9-7-15(8-10-17)22-19(23)20-12-11-16-13-25-18(21-16)14-5-3-2-4-6-14/h2-10,13H,11-12H2,1H3,(H2,20,22,23). The highest BCUT2D eigenvalue weighted by atomic mass is 32.1. The fourth-order valence-electron chi connectivity index (χ4n) is 2.29. The van der Waals surface area contributed by atoms with Gasteiger partial charge in [-0.05, 0) is 24.3 Å². The van der Waals surface area contributed by atoms with Gasteiger partial charge in [0.1, 0.15) is 10.8 Å². The Kier molecular flexibility index (Phi) is 5.64. The summed E-state index contributed by atoms with van der Waals surface area (Å²) in [5, 5.41) is 8.66. The Hall–Kier alpha value is -2.86. The summed E-state index contributed by atoms with van der Waals surface area (Å²) in [5.41, 5.74) is 2.82. The summed E-state index contributed by atoms with van der Waals surface area (Å²) in [7, 11) is 1.61. The van der Waals surface area contributed by atoms with Gasteiger partial charge < -0.3 is 15.4 Å². The predicted molar refractivity (Wildman–Crippen MR) is 101 cm³/mol. The van der Waals surface area contributed by atoms with E-state index in [-0.39, 0.29) is 6.03 Å². The molecule has 0 unspecified atom stereocenters. The number of carbonyl (C=O) groups is 1. The zero-order chi connectivity index (χ0) is 17.5. The van der Waals surface area contributed by atoms with Crippen LogP contribution in [0.2, 0.25) is 0 Å². The minimum atomic E-state index is -0.233. The Bertz CT molecular complexity index is 816. The maximum absolute atomic E-state index is 11.9. The SMILES string of the molecule is COc1ccc(NC(=O)NCCc2csc(-c3ccccc3)n2)cc1. The molecule has 0 spiro atoms. The summed E-state index contributed by atoms with van der Waals surface area (Å²) in [6.45, 7) is 0.528. The summed E-state index contributed by atoms with van der Waals surface area (Å²) < 4.78 is 5.09. The average molecular weight is 353 g/mol. The van der Waals surface area contributed by atoms with Crippen LogP contribution >= 0.6 is 11.3 Å². The number of nitrogens with one attached hydrogen (secondary N) is 2. The quantitative estimate of drug-likeness (QED) is 0.699. The molecule has 1 heterocycles. The molecule has 0 atom stereocenters. The predicted octanol–water partition coefficient (Wildman–Crippen LogP) is 4.18. The maximum atomic E-state index is 11.9. The average Bonchev–Trinajstić information content (AvgIpc) is 3.12. The molecule has 0 aliphatic heterocycles. The molecule has 128 valence electrons. The second-order valence-corrected chi connectivity index (χ2v) is 6.23. The summed E-state index contributed by atoms with van der Waals surface area (Å²) in [6.07, 6.45) is 0.694. The Morgan fingerprint density at radius 1 is 1.12 bits per heavy atom. The number of aromatic nitrogens is 1. The van der Waals surface area contributed by atoms with Crippen molar-refractivity contribution < 1.29 is 9.53 Å². The third-order valence-corrected chi connectivity index (χ3v) is 4.53. The lowest BCUT2D eigenvalue weighted by Crippen LogP contribution is -2.30. The number of benzene rings is 2. The van der Waals surface area contributed by atoms with Crippen LogP contribution in [0.15, 0.2) is 60.0 Å². The van der Waals surface area contributed by atoms with E-state index < -0.39 is 0 Å². The second-order valence-electron chi connectivity index (χ2n) is 5.37. The van der Waals surface area contributed by atoms with Crippen molar-refractivity contribution in [1.29, 1.82) is 0 Å². The van der Waals surface area contributed by atoms with E-state index in [4.69, 9.17) is 4.74 Å². The molecule has 2 amide bonds. The second kappa shape index (κ2) is 8.30. The van der Waals surface area contributed by atoms with Gasteiger partial charge in [0.05, 0.1) is 12.8 Å². The van der Waals surface area contributed by atoms with Crippen molar-refractivity contribution in [3.8, 4) is 16.3 Å². The molecule has 0 radical (unpaired) electrons. The highest BCUT2D eigenvalue weighted by molar-refractivity contribution is 7.13. The lowest BCUT2D eigenvalue weighted by Gasteiger charge is -2.07. The van der Waals surface area contributed by atoms with Gasteiger partial charge in [-0.15, -0.1) is 11.3 Å². The molecule has 0 aliphatic rings. The number of ether oxygens (including phenoxy) is 1. The lowest BCUT2D eigenvalue weighted by molar-refractivity contribution is 0.252. The summed E-state index contributed by atoms with van der Waals surface area (Å²) >= 11 is 1.62. The molecule has 3 rings (SSSR count). The van der Waals surface area contributed by atoms with E-state index in [1.54, 1.807) is 42.7 Å². The molecule has 2 aromatic carbocycles. The smallest absolute Gasteiger partial charge is 0.319 e. The number of anilines is 1. The zero-order valence-corrected chi connectivity index (χ0v) is 14.7. The van der Waals surface area contributed by atoms with E-state index in [2.05, 4.69) is 15.6 Å². The summed E-state index contributed by atoms with van der Waals surface area (Å²) in [6, 6.07) is 17.0. The largest absolute Gasteiger partial charge is 0.497 e. The number of methoxy groups -OCH3 is 1. The molecule has 5 nitrogen and oxygen atoms in total. The molecule has 0 fully saturated rings. The normalized spacial score (nSPS) is 10.3. The fraction of sp³-hybridized carbons (Fsp3) is 0.158. The van der Waals surface area contributed by atoms with E-state index in [1.807, 2.05) is 35.7 Å². The number of carbonyl (C=O) groups excluding carboxylic acids is 1. The number of hydrogen-bond acceptors (Lipinski definition) is 4. The van der Waals surface area contributed by atoms with Crippen molar-refractivity contribution in [1.82, 2.24) is 10.3 Å². The zero-order valence-electron chi connectivity index (χ0n) is 13.9. The van der Waals surface area contributed by atoms with Gasteiger partial charge in [-0.1, -0.05) is 30.3 Å². The third kappa shape index (κ3) is 4.81. The van der Waals surface area contributed by atoms with E-state index in [1.165, 1.54) is 0 Å². The van der Waals surface area contributed by atoms with Crippen molar-refractivity contribution in [2.45, 2.75) is 6.42 Å². The minimum absolute atomic E-state index is 0.233. The number of rotatable bonds is 6. The van der Waals surface area contributed by atoms with Crippen LogP contribution < -0.4 is 15.4 Å². The Morgan fingerprint density at radius 3 is 2.60 bits per heavy atom. The topological polar surface area (TPSA) is 63.2 Å². The van der Waals surface area contributed by atoms with Gasteiger partial charge in [0.2, 0.25) is 0 Å². The van der Waals surface area contributed by atoms with Crippen LogP contribution in [0.4, 0.5) is 10.5 Å². The molecular weight excluding hydrogens is 334 g/mol. The van der Waals surface area contributed by atoms with Gasteiger partial charge in [0, 0.05) is 29.6 Å². The summed E-state index contributed by atoms with van der Waals surface area (Å²) in [5.74, 6) is 0.753. The van der Waals surface area contributed by atoms with Gasteiger partial charge in [-0.2, -0.15) is 0 Å².